The van der Waals surface area contributed by atoms with Crippen molar-refractivity contribution in [3.8, 4) is 5.88 Å². The molecule has 82 valence electrons. The number of likely N-dealkylation sites (tertiary alicyclic amines) is 1. The summed E-state index contributed by atoms with van der Waals surface area (Å²) in [4.78, 5) is 2.02. The van der Waals surface area contributed by atoms with Crippen molar-refractivity contribution in [1.29, 1.82) is 5.41 Å². The second-order valence-corrected chi connectivity index (χ2v) is 3.58. The zero-order chi connectivity index (χ0) is 10.7. The summed E-state index contributed by atoms with van der Waals surface area (Å²) in [7, 11) is 1.53. The Morgan fingerprint density at radius 1 is 1.33 bits per heavy atom. The van der Waals surface area contributed by atoms with Gasteiger partial charge in [-0.2, -0.15) is 5.21 Å². The quantitative estimate of drug-likeness (QED) is 0.553. The van der Waals surface area contributed by atoms with Crippen LogP contribution in [0.4, 0.5) is 0 Å². The normalized spacial score (nSPS) is 16.5. The third-order valence-corrected chi connectivity index (χ3v) is 2.61. The lowest BCUT2D eigenvalue weighted by molar-refractivity contribution is 0.338. The molecule has 1 aromatic rings. The van der Waals surface area contributed by atoms with Crippen LogP contribution in [0.3, 0.4) is 0 Å². The third kappa shape index (κ3) is 1.93. The van der Waals surface area contributed by atoms with Gasteiger partial charge in [-0.15, -0.1) is 10.2 Å². The van der Waals surface area contributed by atoms with Crippen molar-refractivity contribution in [2.45, 2.75) is 19.3 Å². The van der Waals surface area contributed by atoms with Crippen molar-refractivity contribution in [2.75, 3.05) is 20.2 Å². The van der Waals surface area contributed by atoms with Gasteiger partial charge in [-0.1, -0.05) is 0 Å². The van der Waals surface area contributed by atoms with Gasteiger partial charge in [0.1, 0.15) is 0 Å². The number of H-pyrrole nitrogens is 1. The number of methoxy groups -OCH3 is 1. The highest BCUT2D eigenvalue weighted by Crippen LogP contribution is 2.16. The van der Waals surface area contributed by atoms with Crippen LogP contribution in [0.2, 0.25) is 0 Å². The number of hydrogen-bond acceptors (Lipinski definition) is 4. The summed E-state index contributed by atoms with van der Waals surface area (Å²) in [6, 6.07) is 0. The maximum absolute atomic E-state index is 8.01. The van der Waals surface area contributed by atoms with Gasteiger partial charge in [0.15, 0.2) is 11.5 Å². The molecule has 6 heteroatoms. The molecule has 2 rings (SSSR count). The minimum atomic E-state index is 0.394. The van der Waals surface area contributed by atoms with Gasteiger partial charge < -0.3 is 9.64 Å². The minimum absolute atomic E-state index is 0.394. The second-order valence-electron chi connectivity index (χ2n) is 3.58. The van der Waals surface area contributed by atoms with E-state index in [0.717, 1.165) is 25.9 Å². The molecule has 0 bridgehead atoms. The van der Waals surface area contributed by atoms with E-state index in [1.165, 1.54) is 13.5 Å². The molecule has 0 atom stereocenters. The van der Waals surface area contributed by atoms with Crippen molar-refractivity contribution < 1.29 is 4.74 Å². The number of rotatable bonds is 2. The van der Waals surface area contributed by atoms with Crippen LogP contribution in [-0.4, -0.2) is 46.3 Å². The summed E-state index contributed by atoms with van der Waals surface area (Å²) in [5.74, 6) is 0.797. The fourth-order valence-electron chi connectivity index (χ4n) is 1.79. The number of nitrogens with one attached hydrogen (secondary N) is 2. The van der Waals surface area contributed by atoms with Crippen LogP contribution in [-0.2, 0) is 0 Å². The monoisotopic (exact) mass is 209 g/mol. The van der Waals surface area contributed by atoms with E-state index in [9.17, 15) is 0 Å². The lowest BCUT2D eigenvalue weighted by Gasteiger charge is -2.27. The van der Waals surface area contributed by atoms with E-state index in [-0.39, 0.29) is 0 Å². The number of amidine groups is 1. The molecular formula is C9H15N5O. The van der Waals surface area contributed by atoms with Crippen LogP contribution in [0.25, 0.3) is 0 Å². The van der Waals surface area contributed by atoms with Gasteiger partial charge >= 0.3 is 0 Å². The Bertz CT molecular complexity index is 342. The predicted octanol–water partition coefficient (Wildman–Crippen LogP) is 0.625. The number of piperidine rings is 1. The first-order chi connectivity index (χ1) is 7.33. The Morgan fingerprint density at radius 3 is 2.73 bits per heavy atom. The maximum atomic E-state index is 8.01. The van der Waals surface area contributed by atoms with E-state index < -0.39 is 0 Å². The highest BCUT2D eigenvalue weighted by molar-refractivity contribution is 5.96. The number of hydrogen-bond donors (Lipinski definition) is 2. The minimum Gasteiger partial charge on any atom is -0.478 e. The SMILES string of the molecule is COc1n[nH]nc1C(=N)N1CCCCC1. The summed E-state index contributed by atoms with van der Waals surface area (Å²) in [6.45, 7) is 1.85. The summed E-state index contributed by atoms with van der Waals surface area (Å²) < 4.78 is 5.02. The molecule has 0 radical (unpaired) electrons. The highest BCUT2D eigenvalue weighted by Gasteiger charge is 2.20. The molecule has 0 amide bonds. The highest BCUT2D eigenvalue weighted by atomic mass is 16.5. The van der Waals surface area contributed by atoms with Gasteiger partial charge in [0.05, 0.1) is 7.11 Å². The topological polar surface area (TPSA) is 77.9 Å². The van der Waals surface area contributed by atoms with Crippen LogP contribution in [0.15, 0.2) is 0 Å². The van der Waals surface area contributed by atoms with Gasteiger partial charge in [0.2, 0.25) is 0 Å². The Balaban J connectivity index is 2.12. The van der Waals surface area contributed by atoms with E-state index in [2.05, 4.69) is 15.4 Å². The summed E-state index contributed by atoms with van der Waals surface area (Å²) in [6.07, 6.45) is 3.53. The number of aromatic amines is 1. The number of ether oxygens (including phenoxy) is 1. The molecule has 1 aromatic heterocycles. The molecule has 0 unspecified atom stereocenters. The average Bonchev–Trinajstić information content (AvgIpc) is 2.77. The van der Waals surface area contributed by atoms with E-state index in [1.807, 2.05) is 4.90 Å². The second kappa shape index (κ2) is 4.29. The molecule has 0 aliphatic carbocycles. The largest absolute Gasteiger partial charge is 0.478 e. The van der Waals surface area contributed by atoms with Crippen LogP contribution in [0.1, 0.15) is 25.0 Å². The van der Waals surface area contributed by atoms with Gasteiger partial charge in [-0.3, -0.25) is 5.41 Å². The smallest absolute Gasteiger partial charge is 0.264 e. The molecule has 1 aliphatic heterocycles. The first-order valence-electron chi connectivity index (χ1n) is 5.11. The zero-order valence-corrected chi connectivity index (χ0v) is 8.79. The van der Waals surface area contributed by atoms with Crippen LogP contribution >= 0.6 is 0 Å². The summed E-state index contributed by atoms with van der Waals surface area (Å²) in [5, 5.41) is 18.2. The molecule has 15 heavy (non-hydrogen) atoms. The molecule has 2 N–H and O–H groups in total. The van der Waals surface area contributed by atoms with Crippen LogP contribution in [0.5, 0.6) is 5.88 Å². The Morgan fingerprint density at radius 2 is 2.07 bits per heavy atom. The maximum Gasteiger partial charge on any atom is 0.264 e. The van der Waals surface area contributed by atoms with Crippen molar-refractivity contribution in [3.63, 3.8) is 0 Å². The zero-order valence-electron chi connectivity index (χ0n) is 8.79. The van der Waals surface area contributed by atoms with E-state index in [1.54, 1.807) is 0 Å². The lowest BCUT2D eigenvalue weighted by Crippen LogP contribution is -2.36. The van der Waals surface area contributed by atoms with Crippen molar-refractivity contribution in [3.05, 3.63) is 5.69 Å². The Hall–Kier alpha value is -1.59. The van der Waals surface area contributed by atoms with Crippen LogP contribution < -0.4 is 4.74 Å². The summed E-state index contributed by atoms with van der Waals surface area (Å²) in [5.41, 5.74) is 0.499. The van der Waals surface area contributed by atoms with Gasteiger partial charge in [0, 0.05) is 13.1 Å². The predicted molar refractivity (Wildman–Crippen MR) is 55.2 cm³/mol. The van der Waals surface area contributed by atoms with Gasteiger partial charge in [-0.25, -0.2) is 0 Å². The molecule has 0 aromatic carbocycles. The Kier molecular flexibility index (Phi) is 2.84. The van der Waals surface area contributed by atoms with Crippen molar-refractivity contribution in [2.24, 2.45) is 0 Å². The van der Waals surface area contributed by atoms with E-state index in [4.69, 9.17) is 10.1 Å². The van der Waals surface area contributed by atoms with Crippen molar-refractivity contribution in [1.82, 2.24) is 20.3 Å². The molecule has 1 fully saturated rings. The van der Waals surface area contributed by atoms with E-state index >= 15 is 0 Å². The first-order valence-corrected chi connectivity index (χ1v) is 5.11. The van der Waals surface area contributed by atoms with Crippen LogP contribution in [0, 0.1) is 5.41 Å². The van der Waals surface area contributed by atoms with Gasteiger partial charge in [-0.05, 0) is 19.3 Å². The summed E-state index contributed by atoms with van der Waals surface area (Å²) >= 11 is 0. The van der Waals surface area contributed by atoms with Gasteiger partial charge in [0.25, 0.3) is 5.88 Å². The number of nitrogens with zero attached hydrogens (tertiary/aromatic N) is 3. The first kappa shape index (κ1) is 9.95. The van der Waals surface area contributed by atoms with E-state index in [0.29, 0.717) is 17.4 Å². The lowest BCUT2D eigenvalue weighted by atomic mass is 10.1. The van der Waals surface area contributed by atoms with Crippen molar-refractivity contribution >= 4 is 5.84 Å². The molecular weight excluding hydrogens is 194 g/mol. The standard InChI is InChI=1S/C9H15N5O/c1-15-9-7(11-13-12-9)8(10)14-5-3-2-4-6-14/h10H,2-6H2,1H3,(H,11,12,13). The third-order valence-electron chi connectivity index (χ3n) is 2.61. The average molecular weight is 209 g/mol. The molecule has 1 saturated heterocycles. The fourth-order valence-corrected chi connectivity index (χ4v) is 1.79. The molecule has 6 nitrogen and oxygen atoms in total. The molecule has 1 aliphatic rings. The number of aromatic nitrogens is 3. The molecule has 0 spiro atoms. The molecule has 0 saturated carbocycles. The Labute approximate surface area is 88.1 Å². The fraction of sp³-hybridized carbons (Fsp3) is 0.667. The molecule has 2 heterocycles.